The zero-order valence-corrected chi connectivity index (χ0v) is 13.1. The highest BCUT2D eigenvalue weighted by molar-refractivity contribution is 6.07. The number of Topliss-reactive ketones (excluding diaryl/α,β-unsaturated/α-hetero) is 1. The molecule has 0 amide bonds. The summed E-state index contributed by atoms with van der Waals surface area (Å²) in [5.41, 5.74) is 1.60. The van der Waals surface area contributed by atoms with Gasteiger partial charge in [0.15, 0.2) is 5.78 Å². The van der Waals surface area contributed by atoms with Gasteiger partial charge in [-0.05, 0) is 55.6 Å². The van der Waals surface area contributed by atoms with Crippen molar-refractivity contribution in [2.75, 3.05) is 20.2 Å². The van der Waals surface area contributed by atoms with Gasteiger partial charge in [0.2, 0.25) is 0 Å². The van der Waals surface area contributed by atoms with E-state index in [1.165, 1.54) is 0 Å². The number of rotatable bonds is 4. The van der Waals surface area contributed by atoms with Crippen molar-refractivity contribution in [3.8, 4) is 5.75 Å². The monoisotopic (exact) mass is 298 g/mol. The predicted molar refractivity (Wildman–Crippen MR) is 87.4 cm³/mol. The molecule has 0 spiro atoms. The molecule has 0 radical (unpaired) electrons. The number of ether oxygens (including phenoxy) is 1. The molecular formula is C18H22N2O2. The van der Waals surface area contributed by atoms with Gasteiger partial charge in [-0.3, -0.25) is 9.78 Å². The Morgan fingerprint density at radius 1 is 1.41 bits per heavy atom. The number of piperidine rings is 1. The molecule has 0 bridgehead atoms. The number of carbonyl (C=O) groups excluding carboxylic acids is 1. The first-order chi connectivity index (χ1) is 10.7. The Balaban J connectivity index is 1.89. The molecule has 22 heavy (non-hydrogen) atoms. The van der Waals surface area contributed by atoms with Crippen molar-refractivity contribution >= 4 is 16.7 Å². The molecule has 2 aromatic rings. The smallest absolute Gasteiger partial charge is 0.163 e. The molecule has 0 unspecified atom stereocenters. The summed E-state index contributed by atoms with van der Waals surface area (Å²) in [6.45, 7) is 4.23. The third kappa shape index (κ3) is 2.97. The zero-order chi connectivity index (χ0) is 15.5. The third-order valence-electron chi connectivity index (χ3n) is 4.66. The standard InChI is InChI=1S/C18H22N2O2/c1-12-11-19-7-5-13(12)9-18(21)15-6-8-20-17-4-3-14(22-2)10-16(15)17/h3-4,6,8,10,12-13,19H,5,7,9,11H2,1-2H3/t12-,13+/m0/s1. The van der Waals surface area contributed by atoms with Crippen molar-refractivity contribution in [3.63, 3.8) is 0 Å². The minimum absolute atomic E-state index is 0.208. The topological polar surface area (TPSA) is 51.2 Å². The summed E-state index contributed by atoms with van der Waals surface area (Å²) < 4.78 is 5.28. The van der Waals surface area contributed by atoms with E-state index in [1.54, 1.807) is 13.3 Å². The fraction of sp³-hybridized carbons (Fsp3) is 0.444. The molecule has 0 saturated carbocycles. The van der Waals surface area contributed by atoms with Crippen LogP contribution in [0.2, 0.25) is 0 Å². The predicted octanol–water partition coefficient (Wildman–Crippen LogP) is 3.06. The molecule has 1 saturated heterocycles. The number of fused-ring (bicyclic) bond motifs is 1. The van der Waals surface area contributed by atoms with Crippen LogP contribution in [-0.2, 0) is 0 Å². The van der Waals surface area contributed by atoms with E-state index in [-0.39, 0.29) is 5.78 Å². The highest BCUT2D eigenvalue weighted by atomic mass is 16.5. The number of methoxy groups -OCH3 is 1. The number of benzene rings is 1. The lowest BCUT2D eigenvalue weighted by molar-refractivity contribution is 0.0934. The number of ketones is 1. The van der Waals surface area contributed by atoms with Gasteiger partial charge in [-0.2, -0.15) is 0 Å². The van der Waals surface area contributed by atoms with Gasteiger partial charge in [0.25, 0.3) is 0 Å². The van der Waals surface area contributed by atoms with Crippen molar-refractivity contribution in [3.05, 3.63) is 36.0 Å². The van der Waals surface area contributed by atoms with Gasteiger partial charge < -0.3 is 10.1 Å². The Morgan fingerprint density at radius 3 is 3.05 bits per heavy atom. The summed E-state index contributed by atoms with van der Waals surface area (Å²) in [6.07, 6.45) is 3.40. The second-order valence-electron chi connectivity index (χ2n) is 6.10. The van der Waals surface area contributed by atoms with Crippen LogP contribution in [0, 0.1) is 11.8 Å². The maximum Gasteiger partial charge on any atom is 0.163 e. The largest absolute Gasteiger partial charge is 0.497 e. The van der Waals surface area contributed by atoms with Crippen LogP contribution < -0.4 is 10.1 Å². The van der Waals surface area contributed by atoms with Crippen molar-refractivity contribution in [1.82, 2.24) is 10.3 Å². The highest BCUT2D eigenvalue weighted by Gasteiger charge is 2.24. The van der Waals surface area contributed by atoms with Gasteiger partial charge in [-0.1, -0.05) is 6.92 Å². The summed E-state index contributed by atoms with van der Waals surface area (Å²) in [5.74, 6) is 1.96. The van der Waals surface area contributed by atoms with Crippen LogP contribution in [-0.4, -0.2) is 31.0 Å². The summed E-state index contributed by atoms with van der Waals surface area (Å²) in [5, 5.41) is 4.27. The molecule has 1 aromatic heterocycles. The molecule has 2 heterocycles. The van der Waals surface area contributed by atoms with E-state index in [0.29, 0.717) is 18.3 Å². The maximum absolute atomic E-state index is 12.8. The molecule has 0 aliphatic carbocycles. The van der Waals surface area contributed by atoms with E-state index < -0.39 is 0 Å². The lowest BCUT2D eigenvalue weighted by atomic mass is 9.83. The number of hydrogen-bond acceptors (Lipinski definition) is 4. The minimum atomic E-state index is 0.208. The Bertz CT molecular complexity index is 684. The van der Waals surface area contributed by atoms with Crippen molar-refractivity contribution in [2.24, 2.45) is 11.8 Å². The highest BCUT2D eigenvalue weighted by Crippen LogP contribution is 2.27. The van der Waals surface area contributed by atoms with Crippen molar-refractivity contribution in [2.45, 2.75) is 19.8 Å². The normalized spacial score (nSPS) is 21.7. The Morgan fingerprint density at radius 2 is 2.27 bits per heavy atom. The summed E-state index contributed by atoms with van der Waals surface area (Å²) in [6, 6.07) is 7.51. The van der Waals surface area contributed by atoms with Gasteiger partial charge >= 0.3 is 0 Å². The lowest BCUT2D eigenvalue weighted by Gasteiger charge is -2.29. The average molecular weight is 298 g/mol. The molecule has 1 N–H and O–H groups in total. The fourth-order valence-corrected chi connectivity index (χ4v) is 3.22. The van der Waals surface area contributed by atoms with Gasteiger partial charge in [0.05, 0.1) is 12.6 Å². The van der Waals surface area contributed by atoms with Crippen LogP contribution in [0.4, 0.5) is 0 Å². The summed E-state index contributed by atoms with van der Waals surface area (Å²) >= 11 is 0. The Labute approximate surface area is 130 Å². The van der Waals surface area contributed by atoms with Crippen molar-refractivity contribution in [1.29, 1.82) is 0 Å². The molecule has 1 aliphatic rings. The summed E-state index contributed by atoms with van der Waals surface area (Å²) in [4.78, 5) is 17.1. The number of pyridine rings is 1. The summed E-state index contributed by atoms with van der Waals surface area (Å²) in [7, 11) is 1.63. The molecule has 3 rings (SSSR count). The first kappa shape index (κ1) is 15.0. The first-order valence-electron chi connectivity index (χ1n) is 7.85. The molecular weight excluding hydrogens is 276 g/mol. The van der Waals surface area contributed by atoms with E-state index in [2.05, 4.69) is 17.2 Å². The minimum Gasteiger partial charge on any atom is -0.497 e. The van der Waals surface area contributed by atoms with Crippen LogP contribution >= 0.6 is 0 Å². The number of hydrogen-bond donors (Lipinski definition) is 1. The van der Waals surface area contributed by atoms with Crippen LogP contribution in [0.3, 0.4) is 0 Å². The van der Waals surface area contributed by atoms with Crippen molar-refractivity contribution < 1.29 is 9.53 Å². The van der Waals surface area contributed by atoms with Crippen LogP contribution in [0.15, 0.2) is 30.5 Å². The zero-order valence-electron chi connectivity index (χ0n) is 13.1. The number of nitrogens with zero attached hydrogens (tertiary/aromatic N) is 1. The Hall–Kier alpha value is -1.94. The van der Waals surface area contributed by atoms with E-state index in [9.17, 15) is 4.79 Å². The van der Waals surface area contributed by atoms with Gasteiger partial charge in [-0.15, -0.1) is 0 Å². The van der Waals surface area contributed by atoms with Crippen LogP contribution in [0.5, 0.6) is 5.75 Å². The third-order valence-corrected chi connectivity index (χ3v) is 4.66. The number of nitrogens with one attached hydrogen (secondary N) is 1. The molecule has 1 aliphatic heterocycles. The van der Waals surface area contributed by atoms with Gasteiger partial charge in [-0.25, -0.2) is 0 Å². The van der Waals surface area contributed by atoms with Crippen LogP contribution in [0.1, 0.15) is 30.1 Å². The van der Waals surface area contributed by atoms with Crippen LogP contribution in [0.25, 0.3) is 10.9 Å². The molecule has 4 heteroatoms. The molecule has 1 aromatic carbocycles. The van der Waals surface area contributed by atoms with E-state index in [0.717, 1.165) is 41.7 Å². The fourth-order valence-electron chi connectivity index (χ4n) is 3.22. The molecule has 4 nitrogen and oxygen atoms in total. The lowest BCUT2D eigenvalue weighted by Crippen LogP contribution is -2.36. The second kappa shape index (κ2) is 6.44. The van der Waals surface area contributed by atoms with E-state index in [1.807, 2.05) is 24.3 Å². The number of carbonyl (C=O) groups is 1. The first-order valence-corrected chi connectivity index (χ1v) is 7.85. The van der Waals surface area contributed by atoms with E-state index in [4.69, 9.17) is 4.74 Å². The maximum atomic E-state index is 12.8. The molecule has 116 valence electrons. The van der Waals surface area contributed by atoms with Gasteiger partial charge in [0, 0.05) is 23.6 Å². The molecule has 2 atom stereocenters. The quantitative estimate of drug-likeness (QED) is 0.881. The molecule has 1 fully saturated rings. The second-order valence-corrected chi connectivity index (χ2v) is 6.10. The average Bonchev–Trinajstić information content (AvgIpc) is 2.55. The SMILES string of the molecule is COc1ccc2nccc(C(=O)C[C@H]3CCNC[C@@H]3C)c2c1. The van der Waals surface area contributed by atoms with E-state index >= 15 is 0 Å². The van der Waals surface area contributed by atoms with Gasteiger partial charge in [0.1, 0.15) is 5.75 Å². The number of aromatic nitrogens is 1. The Kier molecular flexibility index (Phi) is 4.39.